The molecule has 0 aromatic heterocycles. The zero-order chi connectivity index (χ0) is 24.9. The summed E-state index contributed by atoms with van der Waals surface area (Å²) in [4.78, 5) is 4.50. The van der Waals surface area contributed by atoms with Crippen LogP contribution in [0.2, 0.25) is 0 Å². The molecule has 0 amide bonds. The fraction of sp³-hybridized carbons (Fsp3) is 0.520. The van der Waals surface area contributed by atoms with Crippen molar-refractivity contribution in [2.45, 2.75) is 52.4 Å². The van der Waals surface area contributed by atoms with E-state index in [0.717, 1.165) is 5.92 Å². The lowest BCUT2D eigenvalue weighted by atomic mass is 10.1. The Kier molecular flexibility index (Phi) is 37.7. The Hall–Kier alpha value is -3.16. The second-order valence-electron chi connectivity index (χ2n) is 6.95. The van der Waals surface area contributed by atoms with E-state index in [1.807, 2.05) is 12.4 Å². The van der Waals surface area contributed by atoms with Gasteiger partial charge in [0.1, 0.15) is 0 Å². The van der Waals surface area contributed by atoms with E-state index < -0.39 is 0 Å². The summed E-state index contributed by atoms with van der Waals surface area (Å²) >= 11 is 0. The fourth-order valence-electron chi connectivity index (χ4n) is 2.65. The van der Waals surface area contributed by atoms with Crippen LogP contribution in [0.4, 0.5) is 0 Å². The van der Waals surface area contributed by atoms with Gasteiger partial charge >= 0.3 is 0 Å². The average Bonchev–Trinajstić information content (AvgIpc) is 3.45. The van der Waals surface area contributed by atoms with Gasteiger partial charge in [0.2, 0.25) is 0 Å². The maximum atomic E-state index is 5.24. The van der Waals surface area contributed by atoms with Crippen molar-refractivity contribution in [2.24, 2.45) is 40.3 Å². The van der Waals surface area contributed by atoms with Gasteiger partial charge in [-0.05, 0) is 75.7 Å². The molecule has 0 bridgehead atoms. The second-order valence-corrected chi connectivity index (χ2v) is 6.95. The summed E-state index contributed by atoms with van der Waals surface area (Å²) in [6.45, 7) is 14.2. The standard InChI is InChI=1S/C7H14N2.C6H12N2.C5H9N.3C2H5N.CH4/c8-4-7-9-5-2-1-3-6-9;7-3-6-8-4-1-2-5-8;6-4-3-5-1-2-5;3*1-2-3;/h4,7H,1-3,5-6,8H2;3,6H,1-2,4-5,7H2;3-5H,1-2,6H2;3*2H,1,3H2;1H4. The molecular weight excluding hydrogens is 412 g/mol. The molecule has 2 saturated heterocycles. The number of nitrogens with zero attached hydrogens (tertiary/aromatic N) is 2. The van der Waals surface area contributed by atoms with Crippen molar-refractivity contribution in [3.63, 3.8) is 0 Å². The molecule has 0 aromatic carbocycles. The molecule has 2 aliphatic heterocycles. The first-order valence-electron chi connectivity index (χ1n) is 11.2. The maximum absolute atomic E-state index is 5.24. The Labute approximate surface area is 204 Å². The number of hydrogen-bond acceptors (Lipinski definition) is 8. The van der Waals surface area contributed by atoms with Crippen LogP contribution >= 0.6 is 0 Å². The molecule has 1 aliphatic carbocycles. The molecule has 8 nitrogen and oxygen atoms in total. The van der Waals surface area contributed by atoms with E-state index >= 15 is 0 Å². The van der Waals surface area contributed by atoms with Crippen LogP contribution in [-0.2, 0) is 0 Å². The average molecular weight is 467 g/mol. The van der Waals surface area contributed by atoms with E-state index in [9.17, 15) is 0 Å². The van der Waals surface area contributed by atoms with Crippen LogP contribution in [-0.4, -0.2) is 36.0 Å². The molecule has 0 radical (unpaired) electrons. The van der Waals surface area contributed by atoms with Crippen LogP contribution in [0.15, 0.2) is 75.4 Å². The molecule has 12 N–H and O–H groups in total. The largest absolute Gasteiger partial charge is 0.405 e. The summed E-state index contributed by atoms with van der Waals surface area (Å²) in [5, 5.41) is 0. The van der Waals surface area contributed by atoms with Crippen LogP contribution in [0.25, 0.3) is 0 Å². The van der Waals surface area contributed by atoms with Crippen LogP contribution in [0.3, 0.4) is 0 Å². The highest BCUT2D eigenvalue weighted by Gasteiger charge is 2.16. The molecular formula is C25H54N8. The van der Waals surface area contributed by atoms with Gasteiger partial charge in [0.05, 0.1) is 0 Å². The third-order valence-corrected chi connectivity index (χ3v) is 4.13. The van der Waals surface area contributed by atoms with Gasteiger partial charge in [-0.25, -0.2) is 0 Å². The van der Waals surface area contributed by atoms with Crippen molar-refractivity contribution in [1.82, 2.24) is 9.80 Å². The summed E-state index contributed by atoms with van der Waals surface area (Å²) in [5.74, 6) is 0.843. The summed E-state index contributed by atoms with van der Waals surface area (Å²) < 4.78 is 0. The van der Waals surface area contributed by atoms with Crippen LogP contribution < -0.4 is 34.4 Å². The molecule has 194 valence electrons. The minimum atomic E-state index is 0. The smallest absolute Gasteiger partial charge is 0.0173 e. The number of hydrogen-bond donors (Lipinski definition) is 6. The summed E-state index contributed by atoms with van der Waals surface area (Å²) in [6, 6.07) is 0. The quantitative estimate of drug-likeness (QED) is 0.369. The van der Waals surface area contributed by atoms with Gasteiger partial charge in [-0.3, -0.25) is 0 Å². The van der Waals surface area contributed by atoms with Crippen LogP contribution in [0, 0.1) is 5.92 Å². The summed E-state index contributed by atoms with van der Waals surface area (Å²) in [7, 11) is 0. The van der Waals surface area contributed by atoms with Gasteiger partial charge in [-0.15, -0.1) is 0 Å². The minimum Gasteiger partial charge on any atom is -0.405 e. The first-order chi connectivity index (χ1) is 15.5. The Morgan fingerprint density at radius 3 is 1.06 bits per heavy atom. The van der Waals surface area contributed by atoms with Gasteiger partial charge in [0.25, 0.3) is 0 Å². The Bertz CT molecular complexity index is 459. The number of nitrogens with two attached hydrogens (primary N) is 6. The first kappa shape index (κ1) is 37.2. The monoisotopic (exact) mass is 466 g/mol. The Morgan fingerprint density at radius 1 is 0.545 bits per heavy atom. The third kappa shape index (κ3) is 36.6. The predicted octanol–water partition coefficient (Wildman–Crippen LogP) is 3.19. The normalized spacial score (nSPS) is 16.0. The SMILES string of the molecule is C.C=CN.C=CN.C=CN.NC=CC1CC1.NC=CN1CCCC1.NC=CN1CCCCC1. The van der Waals surface area contributed by atoms with Crippen LogP contribution in [0.5, 0.6) is 0 Å². The zero-order valence-electron chi connectivity index (χ0n) is 20.0. The topological polar surface area (TPSA) is 163 Å². The van der Waals surface area contributed by atoms with Crippen molar-refractivity contribution in [3.05, 3.63) is 75.4 Å². The van der Waals surface area contributed by atoms with Gasteiger partial charge in [-0.1, -0.05) is 33.2 Å². The molecule has 0 unspecified atom stereocenters. The second kappa shape index (κ2) is 33.5. The molecule has 2 heterocycles. The highest BCUT2D eigenvalue weighted by Crippen LogP contribution is 2.29. The molecule has 3 rings (SSSR count). The fourth-order valence-corrected chi connectivity index (χ4v) is 2.65. The number of allylic oxidation sites excluding steroid dienone is 1. The van der Waals surface area contributed by atoms with E-state index in [4.69, 9.17) is 17.2 Å². The molecule has 0 aromatic rings. The molecule has 8 heteroatoms. The lowest BCUT2D eigenvalue weighted by molar-refractivity contribution is 0.309. The minimum absolute atomic E-state index is 0. The van der Waals surface area contributed by atoms with Gasteiger partial charge in [-0.2, -0.15) is 0 Å². The predicted molar refractivity (Wildman–Crippen MR) is 149 cm³/mol. The number of piperidine rings is 1. The van der Waals surface area contributed by atoms with E-state index in [1.54, 1.807) is 18.6 Å². The third-order valence-electron chi connectivity index (χ3n) is 4.13. The van der Waals surface area contributed by atoms with Crippen LogP contribution in [0.1, 0.15) is 52.4 Å². The van der Waals surface area contributed by atoms with E-state index in [-0.39, 0.29) is 7.43 Å². The highest BCUT2D eigenvalue weighted by molar-refractivity contribution is 4.93. The molecule has 0 atom stereocenters. The van der Waals surface area contributed by atoms with E-state index in [2.05, 4.69) is 52.8 Å². The highest BCUT2D eigenvalue weighted by atomic mass is 15.1. The van der Waals surface area contributed by atoms with Gasteiger partial charge in [0.15, 0.2) is 0 Å². The molecule has 1 saturated carbocycles. The summed E-state index contributed by atoms with van der Waals surface area (Å²) in [6.07, 6.45) is 24.0. The van der Waals surface area contributed by atoms with Crippen molar-refractivity contribution in [2.75, 3.05) is 26.2 Å². The lowest BCUT2D eigenvalue weighted by Crippen LogP contribution is -2.24. The number of likely N-dealkylation sites (tertiary alicyclic amines) is 2. The van der Waals surface area contributed by atoms with Crippen molar-refractivity contribution < 1.29 is 0 Å². The van der Waals surface area contributed by atoms with Gasteiger partial charge < -0.3 is 44.2 Å². The number of rotatable bonds is 3. The summed E-state index contributed by atoms with van der Waals surface area (Å²) in [5.41, 5.74) is 29.3. The van der Waals surface area contributed by atoms with E-state index in [1.165, 1.54) is 89.7 Å². The molecule has 3 fully saturated rings. The Balaban J connectivity index is -0.000000162. The Morgan fingerprint density at radius 2 is 0.848 bits per heavy atom. The van der Waals surface area contributed by atoms with Crippen molar-refractivity contribution in [1.29, 1.82) is 0 Å². The first-order valence-corrected chi connectivity index (χ1v) is 11.2. The zero-order valence-corrected chi connectivity index (χ0v) is 20.0. The van der Waals surface area contributed by atoms with Crippen molar-refractivity contribution in [3.8, 4) is 0 Å². The maximum Gasteiger partial charge on any atom is 0.0173 e. The molecule has 3 aliphatic rings. The molecule has 33 heavy (non-hydrogen) atoms. The van der Waals surface area contributed by atoms with E-state index in [0.29, 0.717) is 0 Å². The van der Waals surface area contributed by atoms with Gasteiger partial charge in [0, 0.05) is 51.0 Å². The molecule has 0 spiro atoms. The van der Waals surface area contributed by atoms with Crippen molar-refractivity contribution >= 4 is 0 Å². The lowest BCUT2D eigenvalue weighted by Gasteiger charge is -2.24.